The number of anilines is 1. The molecule has 0 aliphatic carbocycles. The zero-order chi connectivity index (χ0) is 21.3. The molecule has 1 unspecified atom stereocenters. The zero-order valence-electron chi connectivity index (χ0n) is 15.2. The number of pyridine rings is 1. The molecular weight excluding hydrogens is 412 g/mol. The van der Waals surface area contributed by atoms with Crippen LogP contribution in [0.5, 0.6) is 0 Å². The Balaban J connectivity index is 1.85. The fourth-order valence-corrected chi connectivity index (χ4v) is 3.39. The third-order valence-electron chi connectivity index (χ3n) is 4.56. The molecule has 5 nitrogen and oxygen atoms in total. The van der Waals surface area contributed by atoms with Gasteiger partial charge in [0.15, 0.2) is 0 Å². The molecule has 1 amide bonds. The third kappa shape index (κ3) is 4.45. The predicted molar refractivity (Wildman–Crippen MR) is 101 cm³/mol. The Morgan fingerprint density at radius 1 is 1.34 bits per heavy atom. The Hall–Kier alpha value is -2.81. The molecule has 3 rings (SSSR count). The van der Waals surface area contributed by atoms with Crippen molar-refractivity contribution in [1.29, 1.82) is 0 Å². The molecule has 29 heavy (non-hydrogen) atoms. The van der Waals surface area contributed by atoms with Gasteiger partial charge in [0.2, 0.25) is 0 Å². The molecule has 0 fully saturated rings. The van der Waals surface area contributed by atoms with Crippen molar-refractivity contribution >= 4 is 23.3 Å². The molecule has 0 spiro atoms. The number of nitrogens with two attached hydrogens (primary N) is 1. The summed E-state index contributed by atoms with van der Waals surface area (Å²) >= 11 is 5.88. The number of carbonyl (C=O) groups is 1. The number of rotatable bonds is 3. The Morgan fingerprint density at radius 2 is 2.07 bits per heavy atom. The molecule has 0 bridgehead atoms. The summed E-state index contributed by atoms with van der Waals surface area (Å²) in [6, 6.07) is 5.21. The van der Waals surface area contributed by atoms with Crippen LogP contribution in [-0.2, 0) is 6.18 Å². The van der Waals surface area contributed by atoms with E-state index in [1.165, 1.54) is 29.3 Å². The molecule has 10 heteroatoms. The second kappa shape index (κ2) is 7.90. The van der Waals surface area contributed by atoms with Gasteiger partial charge in [0.05, 0.1) is 22.7 Å². The quantitative estimate of drug-likeness (QED) is 0.710. The van der Waals surface area contributed by atoms with Crippen LogP contribution in [0.4, 0.5) is 23.4 Å². The molecule has 0 radical (unpaired) electrons. The summed E-state index contributed by atoms with van der Waals surface area (Å²) in [6.07, 6.45) is -3.09. The molecule has 154 valence electrons. The highest BCUT2D eigenvalue weighted by Gasteiger charge is 2.36. The third-order valence-corrected chi connectivity index (χ3v) is 4.96. The Kier molecular flexibility index (Phi) is 5.70. The van der Waals surface area contributed by atoms with Gasteiger partial charge in [0.1, 0.15) is 11.6 Å². The fourth-order valence-electron chi connectivity index (χ4n) is 3.07. The maximum absolute atomic E-state index is 13.3. The van der Waals surface area contributed by atoms with E-state index in [1.54, 1.807) is 6.92 Å². The van der Waals surface area contributed by atoms with Crippen molar-refractivity contribution in [2.24, 2.45) is 5.73 Å². The second-order valence-electron chi connectivity index (χ2n) is 6.64. The summed E-state index contributed by atoms with van der Waals surface area (Å²) in [7, 11) is 0. The van der Waals surface area contributed by atoms with Gasteiger partial charge in [-0.05, 0) is 25.1 Å². The first-order chi connectivity index (χ1) is 13.6. The van der Waals surface area contributed by atoms with Crippen LogP contribution in [0.1, 0.15) is 29.3 Å². The minimum atomic E-state index is -4.67. The number of benzene rings is 1. The molecule has 1 aromatic heterocycles. The van der Waals surface area contributed by atoms with Gasteiger partial charge in [-0.25, -0.2) is 9.37 Å². The van der Waals surface area contributed by atoms with E-state index in [9.17, 15) is 22.4 Å². The van der Waals surface area contributed by atoms with E-state index in [0.717, 1.165) is 12.1 Å². The summed E-state index contributed by atoms with van der Waals surface area (Å²) in [5.41, 5.74) is 5.60. The van der Waals surface area contributed by atoms with Crippen LogP contribution >= 0.6 is 11.6 Å². The first kappa shape index (κ1) is 20.9. The highest BCUT2D eigenvalue weighted by atomic mass is 35.5. The lowest BCUT2D eigenvalue weighted by molar-refractivity contribution is -0.137. The van der Waals surface area contributed by atoms with E-state index < -0.39 is 34.5 Å². The average Bonchev–Trinajstić information content (AvgIpc) is 2.63. The molecule has 1 atom stereocenters. The molecule has 1 aliphatic rings. The number of halogens is 5. The highest BCUT2D eigenvalue weighted by Crippen LogP contribution is 2.37. The Morgan fingerprint density at radius 3 is 2.72 bits per heavy atom. The molecule has 0 saturated heterocycles. The first-order valence-electron chi connectivity index (χ1n) is 8.60. The Bertz CT molecular complexity index is 977. The zero-order valence-corrected chi connectivity index (χ0v) is 16.0. The van der Waals surface area contributed by atoms with E-state index in [1.807, 2.05) is 0 Å². The molecule has 2 aromatic rings. The molecule has 0 saturated carbocycles. The van der Waals surface area contributed by atoms with Crippen molar-refractivity contribution in [3.63, 3.8) is 0 Å². The number of aromatic nitrogens is 1. The number of amides is 1. The van der Waals surface area contributed by atoms with Crippen LogP contribution in [0, 0.1) is 5.82 Å². The van der Waals surface area contributed by atoms with Crippen molar-refractivity contribution in [2.75, 3.05) is 11.9 Å². The maximum Gasteiger partial charge on any atom is 0.417 e. The van der Waals surface area contributed by atoms with Gasteiger partial charge in [0, 0.05) is 36.1 Å². The van der Waals surface area contributed by atoms with Gasteiger partial charge in [0.25, 0.3) is 5.91 Å². The van der Waals surface area contributed by atoms with Crippen LogP contribution in [0.2, 0.25) is 5.02 Å². The summed E-state index contributed by atoms with van der Waals surface area (Å²) in [4.78, 5) is 18.2. The highest BCUT2D eigenvalue weighted by molar-refractivity contribution is 6.34. The normalized spacial score (nSPS) is 17.4. The van der Waals surface area contributed by atoms with Crippen molar-refractivity contribution < 1.29 is 22.4 Å². The summed E-state index contributed by atoms with van der Waals surface area (Å²) in [6.45, 7) is 1.71. The van der Waals surface area contributed by atoms with Crippen molar-refractivity contribution in [3.05, 3.63) is 69.9 Å². The van der Waals surface area contributed by atoms with Gasteiger partial charge in [-0.15, -0.1) is 0 Å². The number of carbonyl (C=O) groups excluding carboxylic acids is 1. The van der Waals surface area contributed by atoms with Gasteiger partial charge < -0.3 is 16.0 Å². The van der Waals surface area contributed by atoms with E-state index in [0.29, 0.717) is 11.4 Å². The largest absolute Gasteiger partial charge is 0.417 e. The van der Waals surface area contributed by atoms with Crippen LogP contribution < -0.4 is 11.1 Å². The number of nitrogens with one attached hydrogen (secondary N) is 1. The second-order valence-corrected chi connectivity index (χ2v) is 7.02. The van der Waals surface area contributed by atoms with E-state index in [4.69, 9.17) is 17.3 Å². The van der Waals surface area contributed by atoms with Crippen LogP contribution in [0.15, 0.2) is 47.9 Å². The van der Waals surface area contributed by atoms with Crippen LogP contribution in [-0.4, -0.2) is 28.4 Å². The van der Waals surface area contributed by atoms with Crippen LogP contribution in [0.3, 0.4) is 0 Å². The monoisotopic (exact) mass is 428 g/mol. The lowest BCUT2D eigenvalue weighted by atomic mass is 10.0. The predicted octanol–water partition coefficient (Wildman–Crippen LogP) is 4.41. The topological polar surface area (TPSA) is 71.2 Å². The molecule has 2 heterocycles. The van der Waals surface area contributed by atoms with Gasteiger partial charge in [-0.3, -0.25) is 4.79 Å². The minimum absolute atomic E-state index is 0.0236. The lowest BCUT2D eigenvalue weighted by Gasteiger charge is -2.35. The fraction of sp³-hybridized carbons (Fsp3) is 0.263. The van der Waals surface area contributed by atoms with Gasteiger partial charge in [-0.1, -0.05) is 17.7 Å². The van der Waals surface area contributed by atoms with Crippen molar-refractivity contribution in [1.82, 2.24) is 9.88 Å². The first-order valence-corrected chi connectivity index (χ1v) is 8.98. The molecular formula is C19H17ClF4N4O. The molecule has 1 aliphatic heterocycles. The minimum Gasteiger partial charge on any atom is -0.399 e. The number of nitrogens with zero attached hydrogens (tertiary/aromatic N) is 2. The molecule has 3 N–H and O–H groups in total. The van der Waals surface area contributed by atoms with E-state index in [-0.39, 0.29) is 24.3 Å². The lowest BCUT2D eigenvalue weighted by Crippen LogP contribution is -2.45. The number of alkyl halides is 3. The van der Waals surface area contributed by atoms with E-state index in [2.05, 4.69) is 10.3 Å². The van der Waals surface area contributed by atoms with E-state index >= 15 is 0 Å². The van der Waals surface area contributed by atoms with Gasteiger partial charge >= 0.3 is 6.18 Å². The number of hydrogen-bond donors (Lipinski definition) is 2. The van der Waals surface area contributed by atoms with Crippen molar-refractivity contribution in [3.8, 4) is 0 Å². The van der Waals surface area contributed by atoms with Gasteiger partial charge in [-0.2, -0.15) is 13.2 Å². The maximum atomic E-state index is 13.3. The summed E-state index contributed by atoms with van der Waals surface area (Å²) in [5, 5.41) is 2.29. The van der Waals surface area contributed by atoms with Crippen LogP contribution in [0.25, 0.3) is 0 Å². The standard InChI is InChI=1S/C19H17ClF4N4O/c1-10-7-15(27-16-8-11(21)5-6-26-16)14(25)9-28(10)18(29)12-3-2-4-13(17(12)20)19(22,23)24/h2-6,8,10H,7,9,25H2,1H3,(H,26,27). The molecule has 1 aromatic carbocycles. The Labute approximate surface area is 169 Å². The summed E-state index contributed by atoms with van der Waals surface area (Å²) < 4.78 is 52.6. The summed E-state index contributed by atoms with van der Waals surface area (Å²) in [5.74, 6) is -0.864. The van der Waals surface area contributed by atoms with Crippen molar-refractivity contribution in [2.45, 2.75) is 25.6 Å². The number of hydrogen-bond acceptors (Lipinski definition) is 4. The SMILES string of the molecule is CC1CC(Nc2cc(F)ccn2)=C(N)CN1C(=O)c1cccc(C(F)(F)F)c1Cl. The average molecular weight is 429 g/mol. The smallest absolute Gasteiger partial charge is 0.399 e.